The van der Waals surface area contributed by atoms with E-state index in [0.717, 1.165) is 30.2 Å². The van der Waals surface area contributed by atoms with E-state index >= 15 is 0 Å². The van der Waals surface area contributed by atoms with Gasteiger partial charge in [0.05, 0.1) is 6.07 Å². The van der Waals surface area contributed by atoms with E-state index in [2.05, 4.69) is 25.2 Å². The van der Waals surface area contributed by atoms with Crippen molar-refractivity contribution < 1.29 is 9.47 Å². The number of nitrogens with zero attached hydrogens (tertiary/aromatic N) is 1. The smallest absolute Gasteiger partial charge is 0.163 e. The van der Waals surface area contributed by atoms with Crippen LogP contribution in [-0.2, 0) is 0 Å². The summed E-state index contributed by atoms with van der Waals surface area (Å²) in [6.45, 7) is 6.37. The van der Waals surface area contributed by atoms with Gasteiger partial charge in [-0.15, -0.1) is 0 Å². The van der Waals surface area contributed by atoms with Crippen LogP contribution in [0.1, 0.15) is 26.7 Å². The number of benzene rings is 1. The van der Waals surface area contributed by atoms with Crippen molar-refractivity contribution in [1.29, 1.82) is 5.26 Å². The molecular weight excluding hydrogens is 240 g/mol. The Bertz CT molecular complexity index is 478. The second kappa shape index (κ2) is 5.83. The largest absolute Gasteiger partial charge is 0.486 e. The fourth-order valence-corrected chi connectivity index (χ4v) is 1.98. The third-order valence-electron chi connectivity index (χ3n) is 3.23. The Morgan fingerprint density at radius 3 is 2.74 bits per heavy atom. The summed E-state index contributed by atoms with van der Waals surface area (Å²) >= 11 is 0. The molecule has 0 aliphatic carbocycles. The minimum absolute atomic E-state index is 0.100. The Hall–Kier alpha value is -1.89. The SMILES string of the molecule is CC(C)(CCC#N)CNc1ccc2c(c1)OCCO2. The quantitative estimate of drug-likeness (QED) is 0.883. The average molecular weight is 260 g/mol. The molecule has 0 spiro atoms. The second-order valence-electron chi connectivity index (χ2n) is 5.53. The van der Waals surface area contributed by atoms with Gasteiger partial charge >= 0.3 is 0 Å². The van der Waals surface area contributed by atoms with Crippen LogP contribution in [0.25, 0.3) is 0 Å². The Kier molecular flexibility index (Phi) is 4.16. The van der Waals surface area contributed by atoms with Crippen molar-refractivity contribution in [2.24, 2.45) is 5.41 Å². The first kappa shape index (κ1) is 13.5. The number of nitrogens with one attached hydrogen (secondary N) is 1. The van der Waals surface area contributed by atoms with Crippen LogP contribution in [-0.4, -0.2) is 19.8 Å². The summed E-state index contributed by atoms with van der Waals surface area (Å²) in [5, 5.41) is 12.0. The Labute approximate surface area is 114 Å². The van der Waals surface area contributed by atoms with Crippen LogP contribution in [0.4, 0.5) is 5.69 Å². The standard InChI is InChI=1S/C15H20N2O2/c1-15(2,6-3-7-16)11-17-12-4-5-13-14(10-12)19-9-8-18-13/h4-5,10,17H,3,6,8-9,11H2,1-2H3. The predicted octanol–water partition coefficient (Wildman–Crippen LogP) is 3.20. The summed E-state index contributed by atoms with van der Waals surface area (Å²) in [6, 6.07) is 8.09. The van der Waals surface area contributed by atoms with Crippen molar-refractivity contribution in [3.63, 3.8) is 0 Å². The fraction of sp³-hybridized carbons (Fsp3) is 0.533. The lowest BCUT2D eigenvalue weighted by molar-refractivity contribution is 0.171. The monoisotopic (exact) mass is 260 g/mol. The molecule has 0 unspecified atom stereocenters. The van der Waals surface area contributed by atoms with Crippen LogP contribution in [0.3, 0.4) is 0 Å². The Morgan fingerprint density at radius 2 is 2.00 bits per heavy atom. The number of fused-ring (bicyclic) bond motifs is 1. The van der Waals surface area contributed by atoms with Gasteiger partial charge in [-0.3, -0.25) is 0 Å². The highest BCUT2D eigenvalue weighted by Crippen LogP contribution is 2.33. The first-order valence-corrected chi connectivity index (χ1v) is 6.61. The Balaban J connectivity index is 1.94. The van der Waals surface area contributed by atoms with Gasteiger partial charge in [0.2, 0.25) is 0 Å². The van der Waals surface area contributed by atoms with Gasteiger partial charge in [0, 0.05) is 24.7 Å². The van der Waals surface area contributed by atoms with Crippen LogP contribution in [0.15, 0.2) is 18.2 Å². The summed E-state index contributed by atoms with van der Waals surface area (Å²) in [6.07, 6.45) is 1.48. The van der Waals surface area contributed by atoms with Crippen molar-refractivity contribution in [2.75, 3.05) is 25.1 Å². The predicted molar refractivity (Wildman–Crippen MR) is 74.5 cm³/mol. The summed E-state index contributed by atoms with van der Waals surface area (Å²) in [4.78, 5) is 0. The molecule has 0 fully saturated rings. The molecule has 4 heteroatoms. The maximum Gasteiger partial charge on any atom is 0.163 e. The normalized spacial score (nSPS) is 13.7. The van der Waals surface area contributed by atoms with Gasteiger partial charge in [-0.2, -0.15) is 5.26 Å². The number of hydrogen-bond donors (Lipinski definition) is 1. The molecule has 0 amide bonds. The minimum Gasteiger partial charge on any atom is -0.486 e. The van der Waals surface area contributed by atoms with Gasteiger partial charge in [0.15, 0.2) is 11.5 Å². The van der Waals surface area contributed by atoms with E-state index in [1.165, 1.54) is 0 Å². The van der Waals surface area contributed by atoms with Crippen LogP contribution in [0, 0.1) is 16.7 Å². The van der Waals surface area contributed by atoms with Crippen molar-refractivity contribution >= 4 is 5.69 Å². The van der Waals surface area contributed by atoms with E-state index in [9.17, 15) is 0 Å². The second-order valence-corrected chi connectivity index (χ2v) is 5.53. The van der Waals surface area contributed by atoms with Gasteiger partial charge in [-0.25, -0.2) is 0 Å². The summed E-state index contributed by atoms with van der Waals surface area (Å²) in [5.74, 6) is 1.60. The van der Waals surface area contributed by atoms with Crippen LogP contribution >= 0.6 is 0 Å². The molecule has 4 nitrogen and oxygen atoms in total. The molecule has 0 saturated carbocycles. The van der Waals surface area contributed by atoms with E-state index in [1.807, 2.05) is 18.2 Å². The third-order valence-corrected chi connectivity index (χ3v) is 3.23. The van der Waals surface area contributed by atoms with Crippen molar-refractivity contribution in [3.05, 3.63) is 18.2 Å². The zero-order valence-corrected chi connectivity index (χ0v) is 11.5. The molecule has 0 bridgehead atoms. The average Bonchev–Trinajstić information content (AvgIpc) is 2.43. The first-order valence-electron chi connectivity index (χ1n) is 6.61. The molecule has 2 rings (SSSR count). The maximum absolute atomic E-state index is 8.65. The highest BCUT2D eigenvalue weighted by atomic mass is 16.6. The zero-order chi connectivity index (χ0) is 13.7. The van der Waals surface area contributed by atoms with Gasteiger partial charge < -0.3 is 14.8 Å². The molecule has 0 atom stereocenters. The molecule has 1 aromatic carbocycles. The van der Waals surface area contributed by atoms with Crippen LogP contribution in [0.2, 0.25) is 0 Å². The zero-order valence-electron chi connectivity index (χ0n) is 11.5. The highest BCUT2D eigenvalue weighted by molar-refractivity contribution is 5.55. The molecule has 1 N–H and O–H groups in total. The van der Waals surface area contributed by atoms with Crippen molar-refractivity contribution in [2.45, 2.75) is 26.7 Å². The molecule has 1 heterocycles. The maximum atomic E-state index is 8.65. The summed E-state index contributed by atoms with van der Waals surface area (Å²) in [5.41, 5.74) is 1.12. The third kappa shape index (κ3) is 3.78. The number of anilines is 1. The van der Waals surface area contributed by atoms with Crippen LogP contribution < -0.4 is 14.8 Å². The molecule has 1 aromatic rings. The number of rotatable bonds is 5. The molecular formula is C15H20N2O2. The van der Waals surface area contributed by atoms with E-state index in [-0.39, 0.29) is 5.41 Å². The molecule has 0 radical (unpaired) electrons. The lowest BCUT2D eigenvalue weighted by Gasteiger charge is -2.25. The van der Waals surface area contributed by atoms with Gasteiger partial charge in [0.1, 0.15) is 13.2 Å². The highest BCUT2D eigenvalue weighted by Gasteiger charge is 2.18. The molecule has 0 aromatic heterocycles. The van der Waals surface area contributed by atoms with Gasteiger partial charge in [-0.1, -0.05) is 13.8 Å². The Morgan fingerprint density at radius 1 is 1.26 bits per heavy atom. The molecule has 1 aliphatic rings. The lowest BCUT2D eigenvalue weighted by atomic mass is 9.88. The topological polar surface area (TPSA) is 54.3 Å². The molecule has 19 heavy (non-hydrogen) atoms. The lowest BCUT2D eigenvalue weighted by Crippen LogP contribution is -2.23. The fourth-order valence-electron chi connectivity index (χ4n) is 1.98. The van der Waals surface area contributed by atoms with Gasteiger partial charge in [-0.05, 0) is 24.0 Å². The number of ether oxygens (including phenoxy) is 2. The summed E-state index contributed by atoms with van der Waals surface area (Å²) in [7, 11) is 0. The van der Waals surface area contributed by atoms with Crippen molar-refractivity contribution in [1.82, 2.24) is 0 Å². The molecule has 0 saturated heterocycles. The first-order chi connectivity index (χ1) is 9.11. The van der Waals surface area contributed by atoms with Crippen LogP contribution in [0.5, 0.6) is 11.5 Å². The molecule has 102 valence electrons. The van der Waals surface area contributed by atoms with E-state index < -0.39 is 0 Å². The van der Waals surface area contributed by atoms with E-state index in [1.54, 1.807) is 0 Å². The van der Waals surface area contributed by atoms with Gasteiger partial charge in [0.25, 0.3) is 0 Å². The van der Waals surface area contributed by atoms with E-state index in [4.69, 9.17) is 14.7 Å². The summed E-state index contributed by atoms with van der Waals surface area (Å²) < 4.78 is 11.0. The van der Waals surface area contributed by atoms with Crippen molar-refractivity contribution in [3.8, 4) is 17.6 Å². The number of nitriles is 1. The number of hydrogen-bond acceptors (Lipinski definition) is 4. The minimum atomic E-state index is 0.100. The molecule has 1 aliphatic heterocycles. The van der Waals surface area contributed by atoms with E-state index in [0.29, 0.717) is 19.6 Å².